The number of amides is 1. The Bertz CT molecular complexity index is 988. The second kappa shape index (κ2) is 11.8. The summed E-state index contributed by atoms with van der Waals surface area (Å²) in [5.74, 6) is -2.21. The van der Waals surface area contributed by atoms with Crippen LogP contribution in [0, 0.1) is 0 Å². The molecule has 6 nitrogen and oxygen atoms in total. The molecular formula is C24H24Cl2NNaO5. The van der Waals surface area contributed by atoms with Crippen molar-refractivity contribution in [1.82, 2.24) is 5.32 Å². The zero-order chi connectivity index (χ0) is 23.4. The van der Waals surface area contributed by atoms with Gasteiger partial charge in [0.1, 0.15) is 5.54 Å². The summed E-state index contributed by atoms with van der Waals surface area (Å²) >= 11 is 12.3. The minimum absolute atomic E-state index is 0. The van der Waals surface area contributed by atoms with Crippen LogP contribution in [0.1, 0.15) is 40.7 Å². The monoisotopic (exact) mass is 499 g/mol. The Hall–Kier alpha value is -1.38. The van der Waals surface area contributed by atoms with Crippen LogP contribution in [0.25, 0.3) is 0 Å². The third-order valence-electron chi connectivity index (χ3n) is 5.91. The fourth-order valence-electron chi connectivity index (χ4n) is 4.05. The maximum Gasteiger partial charge on any atom is 1.00 e. The average molecular weight is 500 g/mol. The van der Waals surface area contributed by atoms with Gasteiger partial charge in [0, 0.05) is 33.2 Å². The topological polar surface area (TPSA) is 87.7 Å². The second-order valence-corrected chi connectivity index (χ2v) is 8.44. The Morgan fingerprint density at radius 2 is 1.76 bits per heavy atom. The van der Waals surface area contributed by atoms with Gasteiger partial charge in [-0.3, -0.25) is 4.79 Å². The SMILES string of the molecule is C=CC[C@@](NC(=O)c1c(Cl)cccc1Cl)(C(=O)[O-])c1ccc(C2(OC)CCOCC2)cc1.[Na+]. The van der Waals surface area contributed by atoms with Gasteiger partial charge in [-0.05, 0) is 29.7 Å². The fraction of sp³-hybridized carbons (Fsp3) is 0.333. The predicted molar refractivity (Wildman–Crippen MR) is 121 cm³/mol. The number of halogens is 2. The van der Waals surface area contributed by atoms with E-state index >= 15 is 0 Å². The standard InChI is InChI=1S/C24H25Cl2NO5.Na/c1-3-11-24(22(29)30,27-21(28)20-18(25)5-4-6-19(20)26)17-9-7-16(8-10-17)23(31-2)12-14-32-15-13-23;/h3-10H,1,11-15H2,2H3,(H,27,28)(H,29,30);/q;+1/p-1/t24-;/m0./s1. The van der Waals surface area contributed by atoms with Gasteiger partial charge < -0.3 is 24.7 Å². The summed E-state index contributed by atoms with van der Waals surface area (Å²) in [6, 6.07) is 11.5. The first-order valence-electron chi connectivity index (χ1n) is 10.1. The van der Waals surface area contributed by atoms with E-state index in [4.69, 9.17) is 32.7 Å². The number of carboxylic acids is 1. The van der Waals surface area contributed by atoms with Crippen LogP contribution in [-0.2, 0) is 25.4 Å². The number of nitrogens with one attached hydrogen (secondary N) is 1. The van der Waals surface area contributed by atoms with E-state index in [2.05, 4.69) is 11.9 Å². The fourth-order valence-corrected chi connectivity index (χ4v) is 4.62. The minimum Gasteiger partial charge on any atom is -0.547 e. The van der Waals surface area contributed by atoms with E-state index in [0.29, 0.717) is 31.6 Å². The number of hydrogen-bond acceptors (Lipinski definition) is 5. The molecule has 2 aromatic rings. The van der Waals surface area contributed by atoms with Crippen molar-refractivity contribution in [3.63, 3.8) is 0 Å². The van der Waals surface area contributed by atoms with Crippen molar-refractivity contribution >= 4 is 35.1 Å². The smallest absolute Gasteiger partial charge is 0.547 e. The molecule has 0 radical (unpaired) electrons. The van der Waals surface area contributed by atoms with Gasteiger partial charge in [-0.15, -0.1) is 6.58 Å². The van der Waals surface area contributed by atoms with Crippen molar-refractivity contribution in [3.8, 4) is 0 Å². The number of hydrogen-bond donors (Lipinski definition) is 1. The summed E-state index contributed by atoms with van der Waals surface area (Å²) in [5, 5.41) is 15.2. The number of aliphatic carboxylic acids is 1. The molecule has 1 amide bonds. The molecule has 170 valence electrons. The number of carboxylic acid groups (broad SMARTS) is 1. The quantitative estimate of drug-likeness (QED) is 0.424. The Labute approximate surface area is 225 Å². The van der Waals surface area contributed by atoms with Gasteiger partial charge in [0.05, 0.1) is 27.2 Å². The van der Waals surface area contributed by atoms with Gasteiger partial charge in [-0.2, -0.15) is 0 Å². The largest absolute Gasteiger partial charge is 1.00 e. The molecule has 3 rings (SSSR count). The van der Waals surface area contributed by atoms with Crippen LogP contribution < -0.4 is 40.0 Å². The van der Waals surface area contributed by atoms with Gasteiger partial charge in [-0.25, -0.2) is 0 Å². The maximum atomic E-state index is 13.0. The number of rotatable bonds is 8. The molecule has 1 heterocycles. The first-order valence-corrected chi connectivity index (χ1v) is 10.9. The van der Waals surface area contributed by atoms with E-state index in [9.17, 15) is 14.7 Å². The van der Waals surface area contributed by atoms with Gasteiger partial charge in [-0.1, -0.05) is 59.6 Å². The molecule has 1 aliphatic rings. The van der Waals surface area contributed by atoms with Crippen LogP contribution >= 0.6 is 23.2 Å². The van der Waals surface area contributed by atoms with Gasteiger partial charge in [0.2, 0.25) is 0 Å². The number of benzene rings is 2. The molecule has 0 unspecified atom stereocenters. The van der Waals surface area contributed by atoms with Crippen molar-refractivity contribution in [2.45, 2.75) is 30.4 Å². The van der Waals surface area contributed by atoms with Gasteiger partial charge in [0.15, 0.2) is 0 Å². The van der Waals surface area contributed by atoms with Crippen molar-refractivity contribution in [1.29, 1.82) is 0 Å². The van der Waals surface area contributed by atoms with Crippen LogP contribution in [0.5, 0.6) is 0 Å². The number of carbonyl (C=O) groups is 2. The average Bonchev–Trinajstić information content (AvgIpc) is 2.79. The third kappa shape index (κ3) is 5.65. The zero-order valence-electron chi connectivity index (χ0n) is 18.7. The molecule has 0 bridgehead atoms. The van der Waals surface area contributed by atoms with E-state index in [1.165, 1.54) is 18.2 Å². The molecule has 0 aliphatic carbocycles. The van der Waals surface area contributed by atoms with Gasteiger partial charge in [0.25, 0.3) is 5.91 Å². The molecule has 1 aliphatic heterocycles. The van der Waals surface area contributed by atoms with E-state index < -0.39 is 23.0 Å². The van der Waals surface area contributed by atoms with Crippen molar-refractivity contribution in [3.05, 3.63) is 81.9 Å². The Balaban J connectivity index is 0.00000385. The van der Waals surface area contributed by atoms with Crippen LogP contribution in [0.2, 0.25) is 10.0 Å². The van der Waals surface area contributed by atoms with Gasteiger partial charge >= 0.3 is 29.6 Å². The summed E-state index contributed by atoms with van der Waals surface area (Å²) in [5.41, 5.74) is -1.15. The third-order valence-corrected chi connectivity index (χ3v) is 6.54. The molecule has 33 heavy (non-hydrogen) atoms. The summed E-state index contributed by atoms with van der Waals surface area (Å²) in [7, 11) is 1.65. The molecule has 0 spiro atoms. The summed E-state index contributed by atoms with van der Waals surface area (Å²) in [6.45, 7) is 4.80. The van der Waals surface area contributed by atoms with Crippen LogP contribution in [-0.4, -0.2) is 32.2 Å². The van der Waals surface area contributed by atoms with Crippen LogP contribution in [0.4, 0.5) is 0 Å². The van der Waals surface area contributed by atoms with E-state index in [-0.39, 0.29) is 51.6 Å². The Morgan fingerprint density at radius 1 is 1.18 bits per heavy atom. The Morgan fingerprint density at radius 3 is 2.24 bits per heavy atom. The maximum absolute atomic E-state index is 13.0. The first-order chi connectivity index (χ1) is 15.3. The molecule has 9 heteroatoms. The molecule has 1 saturated heterocycles. The minimum atomic E-state index is -1.87. The predicted octanol–water partition coefficient (Wildman–Crippen LogP) is 0.601. The number of carbonyl (C=O) groups excluding carboxylic acids is 2. The van der Waals surface area contributed by atoms with E-state index in [1.807, 2.05) is 0 Å². The van der Waals surface area contributed by atoms with E-state index in [1.54, 1.807) is 37.4 Å². The summed E-state index contributed by atoms with van der Waals surface area (Å²) in [6.07, 6.45) is 2.67. The summed E-state index contributed by atoms with van der Waals surface area (Å²) < 4.78 is 11.3. The number of methoxy groups -OCH3 is 1. The molecule has 1 atom stereocenters. The van der Waals surface area contributed by atoms with Crippen molar-refractivity contribution < 1.29 is 53.7 Å². The number of ether oxygens (including phenoxy) is 2. The molecular weight excluding hydrogens is 476 g/mol. The van der Waals surface area contributed by atoms with E-state index in [0.717, 1.165) is 5.56 Å². The molecule has 1 fully saturated rings. The molecule has 0 saturated carbocycles. The van der Waals surface area contributed by atoms with Crippen molar-refractivity contribution in [2.75, 3.05) is 20.3 Å². The normalized spacial score (nSPS) is 16.7. The van der Waals surface area contributed by atoms with Crippen LogP contribution in [0.15, 0.2) is 55.1 Å². The van der Waals surface area contributed by atoms with Crippen LogP contribution in [0.3, 0.4) is 0 Å². The molecule has 0 aromatic heterocycles. The molecule has 1 N–H and O–H groups in total. The zero-order valence-corrected chi connectivity index (χ0v) is 22.2. The summed E-state index contributed by atoms with van der Waals surface area (Å²) in [4.78, 5) is 25.4. The first kappa shape index (κ1) is 27.9. The second-order valence-electron chi connectivity index (χ2n) is 7.62. The Kier molecular flexibility index (Phi) is 10.0. The molecule has 2 aromatic carbocycles. The van der Waals surface area contributed by atoms with Crippen molar-refractivity contribution in [2.24, 2.45) is 0 Å².